The summed E-state index contributed by atoms with van der Waals surface area (Å²) >= 11 is 0. The molecule has 2 rings (SSSR count). The topological polar surface area (TPSA) is 40.5 Å². The van der Waals surface area contributed by atoms with Gasteiger partial charge in [0.2, 0.25) is 5.91 Å². The first-order valence-corrected chi connectivity index (χ1v) is 7.31. The van der Waals surface area contributed by atoms with Crippen LogP contribution in [0.25, 0.3) is 6.08 Å². The average molecular weight is 273 g/mol. The minimum Gasteiger partial charge on any atom is -0.394 e. The molecule has 1 atom stereocenters. The van der Waals surface area contributed by atoms with Crippen molar-refractivity contribution >= 4 is 12.0 Å². The highest BCUT2D eigenvalue weighted by Crippen LogP contribution is 2.18. The molecule has 0 spiro atoms. The summed E-state index contributed by atoms with van der Waals surface area (Å²) in [5.74, 6) is 0.513. The van der Waals surface area contributed by atoms with Gasteiger partial charge in [-0.2, -0.15) is 0 Å². The summed E-state index contributed by atoms with van der Waals surface area (Å²) in [7, 11) is 0. The van der Waals surface area contributed by atoms with Crippen LogP contribution in [0.5, 0.6) is 0 Å². The van der Waals surface area contributed by atoms with Crippen molar-refractivity contribution in [2.24, 2.45) is 0 Å². The van der Waals surface area contributed by atoms with E-state index in [1.54, 1.807) is 11.0 Å². The molecule has 1 aliphatic heterocycles. The molecule has 3 heteroatoms. The van der Waals surface area contributed by atoms with E-state index in [-0.39, 0.29) is 18.6 Å². The third-order valence-corrected chi connectivity index (χ3v) is 3.89. The predicted octanol–water partition coefficient (Wildman–Crippen LogP) is 2.81. The maximum atomic E-state index is 12.1. The predicted molar refractivity (Wildman–Crippen MR) is 81.4 cm³/mol. The first kappa shape index (κ1) is 14.8. The standard InChI is InChI=1S/C17H23NO2/c1-13(2)15-8-5-14(6-9-15)7-10-17(20)18-11-3-4-16(18)12-19/h5-10,13,16,19H,3-4,11-12H2,1-2H3/t16-/m0/s1. The molecule has 1 N–H and O–H groups in total. The number of likely N-dealkylation sites (tertiary alicyclic amines) is 1. The van der Waals surface area contributed by atoms with Gasteiger partial charge in [-0.05, 0) is 36.0 Å². The summed E-state index contributed by atoms with van der Waals surface area (Å²) in [5, 5.41) is 9.24. The number of amides is 1. The Hall–Kier alpha value is -1.61. The zero-order chi connectivity index (χ0) is 14.5. The minimum absolute atomic E-state index is 0.00420. The molecule has 108 valence electrons. The van der Waals surface area contributed by atoms with Crippen molar-refractivity contribution in [1.82, 2.24) is 4.90 Å². The molecule has 1 aromatic rings. The Kier molecular flexibility index (Phi) is 4.96. The normalized spacial score (nSPS) is 19.2. The number of carbonyl (C=O) groups is 1. The second-order valence-electron chi connectivity index (χ2n) is 5.66. The Morgan fingerprint density at radius 1 is 1.40 bits per heavy atom. The van der Waals surface area contributed by atoms with E-state index in [0.29, 0.717) is 5.92 Å². The van der Waals surface area contributed by atoms with Crippen LogP contribution in [0.15, 0.2) is 30.3 Å². The van der Waals surface area contributed by atoms with Crippen LogP contribution in [0.2, 0.25) is 0 Å². The van der Waals surface area contributed by atoms with E-state index in [4.69, 9.17) is 0 Å². The smallest absolute Gasteiger partial charge is 0.246 e. The summed E-state index contributed by atoms with van der Waals surface area (Å²) in [6.07, 6.45) is 5.34. The fraction of sp³-hybridized carbons (Fsp3) is 0.471. The Labute approximate surface area is 120 Å². The van der Waals surface area contributed by atoms with Crippen LogP contribution in [-0.2, 0) is 4.79 Å². The number of carbonyl (C=O) groups excluding carboxylic acids is 1. The third kappa shape index (κ3) is 3.48. The average Bonchev–Trinajstić information content (AvgIpc) is 2.93. The number of aliphatic hydroxyl groups excluding tert-OH is 1. The summed E-state index contributed by atoms with van der Waals surface area (Å²) in [6, 6.07) is 8.26. The maximum Gasteiger partial charge on any atom is 0.246 e. The van der Waals surface area contributed by atoms with Crippen molar-refractivity contribution in [2.45, 2.75) is 38.6 Å². The van der Waals surface area contributed by atoms with Gasteiger partial charge in [0.25, 0.3) is 0 Å². The van der Waals surface area contributed by atoms with Crippen molar-refractivity contribution < 1.29 is 9.90 Å². The zero-order valence-electron chi connectivity index (χ0n) is 12.2. The first-order chi connectivity index (χ1) is 9.61. The van der Waals surface area contributed by atoms with Crippen LogP contribution >= 0.6 is 0 Å². The van der Waals surface area contributed by atoms with Crippen LogP contribution in [0, 0.1) is 0 Å². The van der Waals surface area contributed by atoms with E-state index in [1.165, 1.54) is 5.56 Å². The number of rotatable bonds is 4. The van der Waals surface area contributed by atoms with E-state index in [0.717, 1.165) is 24.9 Å². The second kappa shape index (κ2) is 6.71. The second-order valence-corrected chi connectivity index (χ2v) is 5.66. The zero-order valence-corrected chi connectivity index (χ0v) is 12.2. The molecule has 20 heavy (non-hydrogen) atoms. The largest absolute Gasteiger partial charge is 0.394 e. The van der Waals surface area contributed by atoms with E-state index < -0.39 is 0 Å². The van der Waals surface area contributed by atoms with Crippen molar-refractivity contribution in [1.29, 1.82) is 0 Å². The molecule has 1 heterocycles. The SMILES string of the molecule is CC(C)c1ccc(C=CC(=O)N2CCC[C@H]2CO)cc1. The fourth-order valence-electron chi connectivity index (χ4n) is 2.57. The molecule has 0 unspecified atom stereocenters. The highest BCUT2D eigenvalue weighted by atomic mass is 16.3. The Morgan fingerprint density at radius 3 is 2.70 bits per heavy atom. The van der Waals surface area contributed by atoms with Gasteiger partial charge in [0.15, 0.2) is 0 Å². The lowest BCUT2D eigenvalue weighted by Crippen LogP contribution is -2.36. The van der Waals surface area contributed by atoms with Gasteiger partial charge in [-0.3, -0.25) is 4.79 Å². The Balaban J connectivity index is 2.00. The minimum atomic E-state index is -0.00511. The van der Waals surface area contributed by atoms with E-state index in [2.05, 4.69) is 26.0 Å². The molecular weight excluding hydrogens is 250 g/mol. The molecule has 0 saturated carbocycles. The Bertz CT molecular complexity index is 476. The van der Waals surface area contributed by atoms with Crippen LogP contribution in [-0.4, -0.2) is 35.1 Å². The van der Waals surface area contributed by atoms with Gasteiger partial charge in [-0.15, -0.1) is 0 Å². The van der Waals surface area contributed by atoms with Crippen molar-refractivity contribution in [3.8, 4) is 0 Å². The van der Waals surface area contributed by atoms with Gasteiger partial charge >= 0.3 is 0 Å². The van der Waals surface area contributed by atoms with E-state index in [1.807, 2.05) is 18.2 Å². The number of hydrogen-bond donors (Lipinski definition) is 1. The van der Waals surface area contributed by atoms with Gasteiger partial charge in [0.1, 0.15) is 0 Å². The number of aliphatic hydroxyl groups is 1. The monoisotopic (exact) mass is 273 g/mol. The van der Waals surface area contributed by atoms with Crippen molar-refractivity contribution in [2.75, 3.05) is 13.2 Å². The molecule has 0 radical (unpaired) electrons. The lowest BCUT2D eigenvalue weighted by Gasteiger charge is -2.21. The Morgan fingerprint density at radius 2 is 2.10 bits per heavy atom. The van der Waals surface area contributed by atoms with Crippen molar-refractivity contribution in [3.05, 3.63) is 41.5 Å². The number of nitrogens with zero attached hydrogens (tertiary/aromatic N) is 1. The molecule has 0 aliphatic carbocycles. The molecule has 0 aromatic heterocycles. The van der Waals surface area contributed by atoms with Gasteiger partial charge in [0.05, 0.1) is 12.6 Å². The van der Waals surface area contributed by atoms with Gasteiger partial charge < -0.3 is 10.0 Å². The van der Waals surface area contributed by atoms with Gasteiger partial charge in [0, 0.05) is 12.6 Å². The molecule has 1 aliphatic rings. The van der Waals surface area contributed by atoms with Crippen molar-refractivity contribution in [3.63, 3.8) is 0 Å². The molecule has 1 aromatic carbocycles. The molecule has 1 fully saturated rings. The molecule has 0 bridgehead atoms. The third-order valence-electron chi connectivity index (χ3n) is 3.89. The molecular formula is C17H23NO2. The quantitative estimate of drug-likeness (QED) is 0.857. The van der Waals surface area contributed by atoms with Crippen LogP contribution < -0.4 is 0 Å². The number of benzene rings is 1. The van der Waals surface area contributed by atoms with Gasteiger partial charge in [-0.1, -0.05) is 38.1 Å². The summed E-state index contributed by atoms with van der Waals surface area (Å²) in [6.45, 7) is 5.14. The maximum absolute atomic E-state index is 12.1. The molecule has 3 nitrogen and oxygen atoms in total. The fourth-order valence-corrected chi connectivity index (χ4v) is 2.57. The number of hydrogen-bond acceptors (Lipinski definition) is 2. The van der Waals surface area contributed by atoms with Crippen LogP contribution in [0.1, 0.15) is 43.7 Å². The van der Waals surface area contributed by atoms with E-state index >= 15 is 0 Å². The van der Waals surface area contributed by atoms with Gasteiger partial charge in [-0.25, -0.2) is 0 Å². The highest BCUT2D eigenvalue weighted by molar-refractivity contribution is 5.92. The highest BCUT2D eigenvalue weighted by Gasteiger charge is 2.26. The lowest BCUT2D eigenvalue weighted by atomic mass is 10.0. The first-order valence-electron chi connectivity index (χ1n) is 7.31. The lowest BCUT2D eigenvalue weighted by molar-refractivity contribution is -0.127. The molecule has 1 amide bonds. The summed E-state index contributed by atoms with van der Waals surface area (Å²) < 4.78 is 0. The van der Waals surface area contributed by atoms with E-state index in [9.17, 15) is 9.90 Å². The summed E-state index contributed by atoms with van der Waals surface area (Å²) in [4.78, 5) is 13.9. The molecule has 1 saturated heterocycles. The summed E-state index contributed by atoms with van der Waals surface area (Å²) in [5.41, 5.74) is 2.33. The van der Waals surface area contributed by atoms with Crippen LogP contribution in [0.3, 0.4) is 0 Å². The van der Waals surface area contributed by atoms with Crippen LogP contribution in [0.4, 0.5) is 0 Å².